The number of nitrogens with one attached hydrogen (secondary N) is 1. The molecule has 0 aromatic heterocycles. The summed E-state index contributed by atoms with van der Waals surface area (Å²) in [4.78, 5) is 15.6. The molecule has 0 aliphatic rings. The maximum atomic E-state index is 9.71. The number of carbonyl (C=O) groups is 1. The van der Waals surface area contributed by atoms with E-state index >= 15 is 0 Å². The van der Waals surface area contributed by atoms with E-state index in [0.717, 1.165) is 0 Å². The molecule has 36 valence electrons. The van der Waals surface area contributed by atoms with Crippen LogP contribution in [-0.4, -0.2) is 5.97 Å². The summed E-state index contributed by atoms with van der Waals surface area (Å²) < 4.78 is 0. The Labute approximate surface area is 41.2 Å². The van der Waals surface area contributed by atoms with Gasteiger partial charge in [0.2, 0.25) is 0 Å². The van der Waals surface area contributed by atoms with Crippen LogP contribution >= 0.6 is 12.8 Å². The van der Waals surface area contributed by atoms with Crippen molar-refractivity contribution < 1.29 is 9.63 Å². The standard InChI is InChI=1S/C2H5NO2S/c1-2(4)5-3-6/h3,6H,1H3. The van der Waals surface area contributed by atoms with E-state index in [2.05, 4.69) is 17.7 Å². The summed E-state index contributed by atoms with van der Waals surface area (Å²) in [5, 5.41) is 0. The molecule has 3 nitrogen and oxygen atoms in total. The molecule has 4 heteroatoms. The molecule has 0 spiro atoms. The molecule has 6 heavy (non-hydrogen) atoms. The molecule has 0 saturated carbocycles. The highest BCUT2D eigenvalue weighted by molar-refractivity contribution is 7.77. The summed E-state index contributed by atoms with van der Waals surface area (Å²) in [7, 11) is 0. The van der Waals surface area contributed by atoms with E-state index in [4.69, 9.17) is 0 Å². The first-order valence-electron chi connectivity index (χ1n) is 1.34. The van der Waals surface area contributed by atoms with Crippen LogP contribution in [0.5, 0.6) is 0 Å². The zero-order chi connectivity index (χ0) is 4.99. The third-order valence-electron chi connectivity index (χ3n) is 0.189. The minimum atomic E-state index is -0.398. The lowest BCUT2D eigenvalue weighted by Crippen LogP contribution is -2.05. The highest BCUT2D eigenvalue weighted by atomic mass is 32.1. The molecule has 0 unspecified atom stereocenters. The number of thiol groups is 1. The molecule has 0 aromatic rings. The molecule has 0 fully saturated rings. The van der Waals surface area contributed by atoms with Crippen LogP contribution in [0.15, 0.2) is 0 Å². The van der Waals surface area contributed by atoms with Crippen molar-refractivity contribution in [1.29, 1.82) is 0 Å². The Bertz CT molecular complexity index is 55.5. The van der Waals surface area contributed by atoms with Crippen LogP contribution in [0.2, 0.25) is 0 Å². The third kappa shape index (κ3) is 3.78. The lowest BCUT2D eigenvalue weighted by Gasteiger charge is -1.89. The Morgan fingerprint density at radius 2 is 2.50 bits per heavy atom. The van der Waals surface area contributed by atoms with E-state index in [9.17, 15) is 4.79 Å². The topological polar surface area (TPSA) is 38.3 Å². The van der Waals surface area contributed by atoms with Gasteiger partial charge >= 0.3 is 5.97 Å². The number of hydrogen-bond donors (Lipinski definition) is 2. The minimum absolute atomic E-state index is 0.398. The summed E-state index contributed by atoms with van der Waals surface area (Å²) in [5.41, 5.74) is 0. The van der Waals surface area contributed by atoms with Gasteiger partial charge in [-0.05, 0) is 0 Å². The van der Waals surface area contributed by atoms with Crippen LogP contribution in [0.4, 0.5) is 0 Å². The molecular formula is C2H5NO2S. The fourth-order valence-corrected chi connectivity index (χ4v) is 0.193. The van der Waals surface area contributed by atoms with Crippen LogP contribution in [0, 0.1) is 0 Å². The van der Waals surface area contributed by atoms with E-state index < -0.39 is 5.97 Å². The highest BCUT2D eigenvalue weighted by Crippen LogP contribution is 1.66. The van der Waals surface area contributed by atoms with Gasteiger partial charge in [-0.3, -0.25) is 4.79 Å². The molecule has 0 aliphatic carbocycles. The van der Waals surface area contributed by atoms with E-state index in [1.54, 1.807) is 0 Å². The zero-order valence-electron chi connectivity index (χ0n) is 3.26. The summed E-state index contributed by atoms with van der Waals surface area (Å²) in [5.74, 6) is -0.398. The van der Waals surface area contributed by atoms with Gasteiger partial charge in [0.05, 0.1) is 0 Å². The van der Waals surface area contributed by atoms with Crippen molar-refractivity contribution in [1.82, 2.24) is 4.89 Å². The molecule has 0 radical (unpaired) electrons. The smallest absolute Gasteiger partial charge is 0.322 e. The SMILES string of the molecule is CC(=O)ONS. The lowest BCUT2D eigenvalue weighted by molar-refractivity contribution is -0.143. The van der Waals surface area contributed by atoms with Crippen molar-refractivity contribution >= 4 is 18.8 Å². The number of hydrogen-bond acceptors (Lipinski definition) is 4. The Morgan fingerprint density at radius 3 is 2.50 bits per heavy atom. The third-order valence-corrected chi connectivity index (χ3v) is 0.281. The van der Waals surface area contributed by atoms with Gasteiger partial charge in [0, 0.05) is 6.92 Å². The molecule has 0 bridgehead atoms. The maximum absolute atomic E-state index is 9.71. The molecule has 0 saturated heterocycles. The van der Waals surface area contributed by atoms with Gasteiger partial charge in [0.15, 0.2) is 0 Å². The van der Waals surface area contributed by atoms with Crippen LogP contribution in [0.3, 0.4) is 0 Å². The van der Waals surface area contributed by atoms with Crippen LogP contribution < -0.4 is 4.89 Å². The Hall–Kier alpha value is -0.220. The van der Waals surface area contributed by atoms with Crippen molar-refractivity contribution in [2.75, 3.05) is 0 Å². The molecule has 0 amide bonds. The predicted octanol–water partition coefficient (Wildman–Crippen LogP) is -0.101. The molecule has 0 rings (SSSR count). The van der Waals surface area contributed by atoms with Gasteiger partial charge in [-0.2, -0.15) is 0 Å². The van der Waals surface area contributed by atoms with E-state index in [0.29, 0.717) is 0 Å². The van der Waals surface area contributed by atoms with Crippen molar-refractivity contribution in [3.05, 3.63) is 0 Å². The average Bonchev–Trinajstić information content (AvgIpc) is 1.35. The summed E-state index contributed by atoms with van der Waals surface area (Å²) in [6, 6.07) is 0. The second kappa shape index (κ2) is 2.99. The summed E-state index contributed by atoms with van der Waals surface area (Å²) in [6.45, 7) is 1.28. The highest BCUT2D eigenvalue weighted by Gasteiger charge is 1.82. The van der Waals surface area contributed by atoms with Gasteiger partial charge < -0.3 is 4.84 Å². The molecular weight excluding hydrogens is 102 g/mol. The quantitative estimate of drug-likeness (QED) is 0.363. The largest absolute Gasteiger partial charge is 0.361 e. The Kier molecular flexibility index (Phi) is 2.88. The molecule has 0 aliphatic heterocycles. The summed E-state index contributed by atoms with van der Waals surface area (Å²) in [6.07, 6.45) is 0. The summed E-state index contributed by atoms with van der Waals surface area (Å²) >= 11 is 3.37. The monoisotopic (exact) mass is 107 g/mol. The van der Waals surface area contributed by atoms with E-state index in [1.165, 1.54) is 6.92 Å². The van der Waals surface area contributed by atoms with Crippen LogP contribution in [0.25, 0.3) is 0 Å². The molecule has 1 N–H and O–H groups in total. The van der Waals surface area contributed by atoms with Crippen molar-refractivity contribution in [3.8, 4) is 0 Å². The van der Waals surface area contributed by atoms with Crippen molar-refractivity contribution in [2.24, 2.45) is 0 Å². The average molecular weight is 107 g/mol. The second-order valence-corrected chi connectivity index (χ2v) is 0.868. The normalized spacial score (nSPS) is 7.67. The lowest BCUT2D eigenvalue weighted by atomic mass is 10.8. The molecule has 0 heterocycles. The molecule has 0 aromatic carbocycles. The van der Waals surface area contributed by atoms with Gasteiger partial charge in [-0.1, -0.05) is 17.7 Å². The maximum Gasteiger partial charge on any atom is 0.322 e. The van der Waals surface area contributed by atoms with Gasteiger partial charge in [-0.15, -0.1) is 0 Å². The fraction of sp³-hybridized carbons (Fsp3) is 0.500. The van der Waals surface area contributed by atoms with Crippen LogP contribution in [-0.2, 0) is 9.63 Å². The number of rotatable bonds is 1. The van der Waals surface area contributed by atoms with Gasteiger partial charge in [0.1, 0.15) is 0 Å². The van der Waals surface area contributed by atoms with E-state index in [-0.39, 0.29) is 0 Å². The van der Waals surface area contributed by atoms with Crippen molar-refractivity contribution in [2.45, 2.75) is 6.92 Å². The second-order valence-electron chi connectivity index (χ2n) is 0.685. The molecule has 0 atom stereocenters. The predicted molar refractivity (Wildman–Crippen MR) is 23.9 cm³/mol. The van der Waals surface area contributed by atoms with Crippen molar-refractivity contribution in [3.63, 3.8) is 0 Å². The Morgan fingerprint density at radius 1 is 2.00 bits per heavy atom. The van der Waals surface area contributed by atoms with Gasteiger partial charge in [-0.25, -0.2) is 0 Å². The Balaban J connectivity index is 2.83. The zero-order valence-corrected chi connectivity index (χ0v) is 4.16. The first-order valence-corrected chi connectivity index (χ1v) is 1.78. The first-order chi connectivity index (χ1) is 2.77. The van der Waals surface area contributed by atoms with E-state index in [1.807, 2.05) is 4.89 Å². The van der Waals surface area contributed by atoms with Gasteiger partial charge in [0.25, 0.3) is 0 Å². The minimum Gasteiger partial charge on any atom is -0.361 e. The number of carbonyl (C=O) groups excluding carboxylic acids is 1. The van der Waals surface area contributed by atoms with Crippen LogP contribution in [0.1, 0.15) is 6.92 Å². The fourth-order valence-electron chi connectivity index (χ4n) is 0.0643. The first kappa shape index (κ1) is 5.78.